The van der Waals surface area contributed by atoms with Gasteiger partial charge in [0.25, 0.3) is 0 Å². The molecule has 0 amide bonds. The van der Waals surface area contributed by atoms with E-state index in [0.717, 1.165) is 43.9 Å². The monoisotopic (exact) mass is 250 g/mol. The van der Waals surface area contributed by atoms with Crippen molar-refractivity contribution in [3.8, 4) is 0 Å². The van der Waals surface area contributed by atoms with Crippen molar-refractivity contribution in [2.24, 2.45) is 0 Å². The zero-order valence-corrected chi connectivity index (χ0v) is 11.2. The van der Waals surface area contributed by atoms with Gasteiger partial charge in [0, 0.05) is 25.9 Å². The molecule has 1 aliphatic rings. The first-order valence-electron chi connectivity index (χ1n) is 6.71. The van der Waals surface area contributed by atoms with Crippen LogP contribution in [0.1, 0.15) is 38.4 Å². The van der Waals surface area contributed by atoms with Gasteiger partial charge in [0.1, 0.15) is 5.82 Å². The van der Waals surface area contributed by atoms with E-state index in [1.54, 1.807) is 13.1 Å². The van der Waals surface area contributed by atoms with E-state index in [2.05, 4.69) is 16.8 Å². The third-order valence-corrected chi connectivity index (χ3v) is 3.38. The van der Waals surface area contributed by atoms with Gasteiger partial charge in [0.15, 0.2) is 0 Å². The lowest BCUT2D eigenvalue weighted by Crippen LogP contribution is -2.31. The molecule has 0 bridgehead atoms. The van der Waals surface area contributed by atoms with E-state index in [9.17, 15) is 5.11 Å². The average Bonchev–Trinajstić information content (AvgIpc) is 2.64. The summed E-state index contributed by atoms with van der Waals surface area (Å²) in [4.78, 5) is 6.72. The number of ether oxygens (including phenoxy) is 1. The summed E-state index contributed by atoms with van der Waals surface area (Å²) in [6, 6.07) is 3.93. The number of rotatable bonds is 3. The summed E-state index contributed by atoms with van der Waals surface area (Å²) in [7, 11) is 0. The van der Waals surface area contributed by atoms with Gasteiger partial charge in [0.2, 0.25) is 0 Å². The molecular weight excluding hydrogens is 228 g/mol. The summed E-state index contributed by atoms with van der Waals surface area (Å²) >= 11 is 0. The van der Waals surface area contributed by atoms with Crippen LogP contribution >= 0.6 is 0 Å². The third-order valence-electron chi connectivity index (χ3n) is 3.38. The zero-order valence-electron chi connectivity index (χ0n) is 11.2. The first-order valence-corrected chi connectivity index (χ1v) is 6.71. The largest absolute Gasteiger partial charge is 0.389 e. The minimum absolute atomic E-state index is 0.297. The summed E-state index contributed by atoms with van der Waals surface area (Å²) < 4.78 is 5.76. The van der Waals surface area contributed by atoms with Crippen LogP contribution in [0, 0.1) is 0 Å². The van der Waals surface area contributed by atoms with Crippen molar-refractivity contribution in [2.75, 3.05) is 24.6 Å². The number of pyridine rings is 1. The van der Waals surface area contributed by atoms with Crippen LogP contribution in [-0.2, 0) is 4.74 Å². The molecule has 2 heterocycles. The van der Waals surface area contributed by atoms with Crippen LogP contribution in [0.25, 0.3) is 0 Å². The molecule has 1 fully saturated rings. The molecule has 0 spiro atoms. The van der Waals surface area contributed by atoms with Crippen molar-refractivity contribution in [2.45, 2.75) is 38.9 Å². The fourth-order valence-electron chi connectivity index (χ4n) is 2.18. The Morgan fingerprint density at radius 2 is 2.39 bits per heavy atom. The van der Waals surface area contributed by atoms with Crippen LogP contribution in [0.15, 0.2) is 18.3 Å². The predicted molar refractivity (Wildman–Crippen MR) is 71.7 cm³/mol. The van der Waals surface area contributed by atoms with Crippen LogP contribution < -0.4 is 4.90 Å². The Balaban J connectivity index is 2.09. The minimum Gasteiger partial charge on any atom is -0.389 e. The summed E-state index contributed by atoms with van der Waals surface area (Å²) in [6.07, 6.45) is 3.67. The second-order valence-electron chi connectivity index (χ2n) is 4.83. The molecule has 2 rings (SSSR count). The molecule has 1 N–H and O–H groups in total. The number of hydrogen-bond acceptors (Lipinski definition) is 4. The minimum atomic E-state index is -0.456. The molecule has 0 aromatic carbocycles. The number of hydrogen-bond donors (Lipinski definition) is 1. The molecule has 1 unspecified atom stereocenters. The van der Waals surface area contributed by atoms with Crippen LogP contribution in [0.4, 0.5) is 5.82 Å². The molecule has 1 aliphatic heterocycles. The normalized spacial score (nSPS) is 22.6. The molecule has 1 saturated heterocycles. The van der Waals surface area contributed by atoms with E-state index in [1.807, 2.05) is 12.1 Å². The second-order valence-corrected chi connectivity index (χ2v) is 4.83. The molecule has 0 saturated carbocycles. The zero-order chi connectivity index (χ0) is 13.0. The summed E-state index contributed by atoms with van der Waals surface area (Å²) in [5.74, 6) is 0.975. The highest BCUT2D eigenvalue weighted by Crippen LogP contribution is 2.19. The van der Waals surface area contributed by atoms with Crippen LogP contribution in [0.3, 0.4) is 0 Å². The van der Waals surface area contributed by atoms with Gasteiger partial charge in [-0.2, -0.15) is 0 Å². The number of aliphatic hydroxyl groups excluding tert-OH is 1. The highest BCUT2D eigenvalue weighted by Gasteiger charge is 2.18. The summed E-state index contributed by atoms with van der Waals surface area (Å²) in [5.41, 5.74) is 0.858. The number of aliphatic hydroxyl groups is 1. The van der Waals surface area contributed by atoms with Gasteiger partial charge in [-0.25, -0.2) is 4.98 Å². The first kappa shape index (κ1) is 13.3. The van der Waals surface area contributed by atoms with E-state index in [-0.39, 0.29) is 0 Å². The summed E-state index contributed by atoms with van der Waals surface area (Å²) in [5, 5.41) is 9.48. The van der Waals surface area contributed by atoms with Crippen molar-refractivity contribution in [1.29, 1.82) is 0 Å². The molecule has 4 nitrogen and oxygen atoms in total. The maximum atomic E-state index is 9.48. The smallest absolute Gasteiger partial charge is 0.128 e. The molecule has 1 aromatic heterocycles. The lowest BCUT2D eigenvalue weighted by atomic mass is 10.2. The number of anilines is 1. The fourth-order valence-corrected chi connectivity index (χ4v) is 2.18. The van der Waals surface area contributed by atoms with E-state index in [4.69, 9.17) is 4.74 Å². The average molecular weight is 250 g/mol. The quantitative estimate of drug-likeness (QED) is 0.892. The SMILES string of the molecule is CCC1CN(c2ccc([C@H](C)O)cn2)CCCO1. The van der Waals surface area contributed by atoms with Gasteiger partial charge in [-0.15, -0.1) is 0 Å². The molecule has 2 atom stereocenters. The van der Waals surface area contributed by atoms with Crippen LogP contribution in [0.5, 0.6) is 0 Å². The third kappa shape index (κ3) is 3.21. The molecular formula is C14H22N2O2. The Kier molecular flexibility index (Phi) is 4.55. The molecule has 0 radical (unpaired) electrons. The highest BCUT2D eigenvalue weighted by atomic mass is 16.5. The van der Waals surface area contributed by atoms with Gasteiger partial charge < -0.3 is 14.7 Å². The highest BCUT2D eigenvalue weighted by molar-refractivity contribution is 5.40. The van der Waals surface area contributed by atoms with Crippen LogP contribution in [-0.4, -0.2) is 35.9 Å². The number of aromatic nitrogens is 1. The van der Waals surface area contributed by atoms with Crippen LogP contribution in [0.2, 0.25) is 0 Å². The van der Waals surface area contributed by atoms with Crippen molar-refractivity contribution >= 4 is 5.82 Å². The van der Waals surface area contributed by atoms with Gasteiger partial charge >= 0.3 is 0 Å². The van der Waals surface area contributed by atoms with Gasteiger partial charge in [-0.05, 0) is 31.4 Å². The van der Waals surface area contributed by atoms with Gasteiger partial charge in [-0.3, -0.25) is 0 Å². The molecule has 0 aliphatic carbocycles. The van der Waals surface area contributed by atoms with E-state index < -0.39 is 6.10 Å². The molecule has 4 heteroatoms. The Labute approximate surface area is 109 Å². The van der Waals surface area contributed by atoms with Crippen molar-refractivity contribution in [3.05, 3.63) is 23.9 Å². The Morgan fingerprint density at radius 3 is 3.00 bits per heavy atom. The summed E-state index contributed by atoms with van der Waals surface area (Å²) in [6.45, 7) is 6.62. The Hall–Kier alpha value is -1.13. The topological polar surface area (TPSA) is 45.6 Å². The first-order chi connectivity index (χ1) is 8.70. The Morgan fingerprint density at radius 1 is 1.56 bits per heavy atom. The van der Waals surface area contributed by atoms with Gasteiger partial charge in [0.05, 0.1) is 12.2 Å². The lowest BCUT2D eigenvalue weighted by Gasteiger charge is -2.24. The van der Waals surface area contributed by atoms with Crippen molar-refractivity contribution in [1.82, 2.24) is 4.98 Å². The van der Waals surface area contributed by atoms with E-state index in [1.165, 1.54) is 0 Å². The predicted octanol–water partition coefficient (Wildman–Crippen LogP) is 2.14. The second kappa shape index (κ2) is 6.16. The standard InChI is InChI=1S/C14H22N2O2/c1-3-13-10-16(7-4-8-18-13)14-6-5-12(9-15-14)11(2)17/h5-6,9,11,13,17H,3-4,7-8,10H2,1-2H3/t11-,13?/m0/s1. The maximum absolute atomic E-state index is 9.48. The van der Waals surface area contributed by atoms with E-state index >= 15 is 0 Å². The Bertz CT molecular complexity index is 365. The maximum Gasteiger partial charge on any atom is 0.128 e. The number of nitrogens with zero attached hydrogens (tertiary/aromatic N) is 2. The molecule has 18 heavy (non-hydrogen) atoms. The van der Waals surface area contributed by atoms with Crippen molar-refractivity contribution in [3.63, 3.8) is 0 Å². The van der Waals surface area contributed by atoms with E-state index in [0.29, 0.717) is 6.10 Å². The fraction of sp³-hybridized carbons (Fsp3) is 0.643. The lowest BCUT2D eigenvalue weighted by molar-refractivity contribution is 0.0664. The van der Waals surface area contributed by atoms with Crippen molar-refractivity contribution < 1.29 is 9.84 Å². The molecule has 1 aromatic rings. The molecule has 100 valence electrons. The van der Waals surface area contributed by atoms with Gasteiger partial charge in [-0.1, -0.05) is 13.0 Å².